The lowest BCUT2D eigenvalue weighted by Gasteiger charge is -2.26. The Morgan fingerprint density at radius 3 is 2.71 bits per heavy atom. The van der Waals surface area contributed by atoms with Crippen LogP contribution in [-0.4, -0.2) is 30.4 Å². The number of aliphatic hydroxyl groups excluding tert-OH is 1. The highest BCUT2D eigenvalue weighted by Gasteiger charge is 2.25. The summed E-state index contributed by atoms with van der Waals surface area (Å²) < 4.78 is 5.80. The van der Waals surface area contributed by atoms with Crippen LogP contribution < -0.4 is 10.1 Å². The highest BCUT2D eigenvalue weighted by Crippen LogP contribution is 2.20. The van der Waals surface area contributed by atoms with E-state index in [0.29, 0.717) is 13.0 Å². The van der Waals surface area contributed by atoms with E-state index in [1.165, 1.54) is 0 Å². The SMILES string of the molecule is CCNC(C#N)(CC)CCCOc1ccccc1CCO. The second-order valence-corrected chi connectivity index (χ2v) is 5.11. The molecule has 0 radical (unpaired) electrons. The Morgan fingerprint density at radius 1 is 1.33 bits per heavy atom. The van der Waals surface area contributed by atoms with Gasteiger partial charge >= 0.3 is 0 Å². The van der Waals surface area contributed by atoms with Gasteiger partial charge in [-0.15, -0.1) is 0 Å². The van der Waals surface area contributed by atoms with E-state index in [0.717, 1.165) is 37.1 Å². The minimum atomic E-state index is -0.442. The molecule has 1 unspecified atom stereocenters. The summed E-state index contributed by atoms with van der Waals surface area (Å²) in [5.41, 5.74) is 0.580. The topological polar surface area (TPSA) is 65.3 Å². The minimum Gasteiger partial charge on any atom is -0.493 e. The standard InChI is InChI=1S/C17H26N2O2/c1-3-17(14-18,19-4-2)11-7-13-21-16-9-6-5-8-15(16)10-12-20/h5-6,8-9,19-20H,3-4,7,10-13H2,1-2H3. The maximum atomic E-state index is 9.36. The predicted octanol–water partition coefficient (Wildman–Crippen LogP) is 2.66. The summed E-state index contributed by atoms with van der Waals surface area (Å²) in [5, 5.41) is 21.7. The smallest absolute Gasteiger partial charge is 0.122 e. The van der Waals surface area contributed by atoms with Gasteiger partial charge < -0.3 is 9.84 Å². The summed E-state index contributed by atoms with van der Waals surface area (Å²) in [6.07, 6.45) is 2.99. The number of nitriles is 1. The Hall–Kier alpha value is -1.57. The Labute approximate surface area is 127 Å². The average Bonchev–Trinajstić information content (AvgIpc) is 2.52. The molecule has 0 heterocycles. The van der Waals surface area contributed by atoms with E-state index >= 15 is 0 Å². The molecule has 4 heteroatoms. The molecular formula is C17H26N2O2. The molecule has 1 rings (SSSR count). The zero-order valence-electron chi connectivity index (χ0n) is 13.1. The van der Waals surface area contributed by atoms with E-state index < -0.39 is 5.54 Å². The fraction of sp³-hybridized carbons (Fsp3) is 0.588. The van der Waals surface area contributed by atoms with Crippen LogP contribution in [0.2, 0.25) is 0 Å². The van der Waals surface area contributed by atoms with E-state index in [4.69, 9.17) is 9.84 Å². The number of rotatable bonds is 10. The van der Waals surface area contributed by atoms with Crippen LogP contribution in [0.5, 0.6) is 5.75 Å². The van der Waals surface area contributed by atoms with Crippen molar-refractivity contribution in [2.45, 2.75) is 45.1 Å². The van der Waals surface area contributed by atoms with Gasteiger partial charge in [-0.2, -0.15) is 5.26 Å². The van der Waals surface area contributed by atoms with Crippen LogP contribution in [0.1, 0.15) is 38.7 Å². The summed E-state index contributed by atoms with van der Waals surface area (Å²) in [6, 6.07) is 10.2. The fourth-order valence-corrected chi connectivity index (χ4v) is 2.43. The molecule has 0 aliphatic carbocycles. The largest absolute Gasteiger partial charge is 0.493 e. The van der Waals surface area contributed by atoms with Gasteiger partial charge in [0, 0.05) is 6.61 Å². The zero-order valence-corrected chi connectivity index (χ0v) is 13.1. The zero-order chi connectivity index (χ0) is 15.6. The van der Waals surface area contributed by atoms with Crippen LogP contribution in [-0.2, 0) is 6.42 Å². The Morgan fingerprint density at radius 2 is 2.10 bits per heavy atom. The molecule has 0 fully saturated rings. The Kier molecular flexibility index (Phi) is 7.81. The van der Waals surface area contributed by atoms with Gasteiger partial charge in [0.2, 0.25) is 0 Å². The van der Waals surface area contributed by atoms with Gasteiger partial charge in [0.15, 0.2) is 0 Å². The second-order valence-electron chi connectivity index (χ2n) is 5.11. The van der Waals surface area contributed by atoms with Crippen molar-refractivity contribution in [3.63, 3.8) is 0 Å². The maximum Gasteiger partial charge on any atom is 0.122 e. The number of hydrogen-bond donors (Lipinski definition) is 2. The first-order valence-electron chi connectivity index (χ1n) is 7.69. The van der Waals surface area contributed by atoms with Crippen molar-refractivity contribution in [1.29, 1.82) is 5.26 Å². The van der Waals surface area contributed by atoms with Crippen molar-refractivity contribution in [1.82, 2.24) is 5.32 Å². The molecule has 1 aromatic rings. The van der Waals surface area contributed by atoms with Crippen molar-refractivity contribution in [3.05, 3.63) is 29.8 Å². The highest BCUT2D eigenvalue weighted by atomic mass is 16.5. The summed E-state index contributed by atoms with van der Waals surface area (Å²) >= 11 is 0. The molecule has 0 aliphatic heterocycles. The van der Waals surface area contributed by atoms with Crippen LogP contribution in [0.15, 0.2) is 24.3 Å². The third kappa shape index (κ3) is 5.37. The lowest BCUT2D eigenvalue weighted by molar-refractivity contribution is 0.269. The fourth-order valence-electron chi connectivity index (χ4n) is 2.43. The second kappa shape index (κ2) is 9.38. The van der Waals surface area contributed by atoms with Crippen molar-refractivity contribution < 1.29 is 9.84 Å². The molecular weight excluding hydrogens is 264 g/mol. The Bertz CT molecular complexity index is 456. The molecule has 0 saturated heterocycles. The summed E-state index contributed by atoms with van der Waals surface area (Å²) in [4.78, 5) is 0. The number of aliphatic hydroxyl groups is 1. The molecule has 0 saturated carbocycles. The molecule has 21 heavy (non-hydrogen) atoms. The Balaban J connectivity index is 2.48. The highest BCUT2D eigenvalue weighted by molar-refractivity contribution is 5.33. The number of ether oxygens (including phenoxy) is 1. The van der Waals surface area contributed by atoms with Gasteiger partial charge in [-0.25, -0.2) is 0 Å². The molecule has 0 spiro atoms. The van der Waals surface area contributed by atoms with Gasteiger partial charge in [-0.05, 0) is 43.9 Å². The lowest BCUT2D eigenvalue weighted by atomic mass is 9.92. The quantitative estimate of drug-likeness (QED) is 0.650. The van der Waals surface area contributed by atoms with E-state index in [1.807, 2.05) is 38.1 Å². The minimum absolute atomic E-state index is 0.119. The third-order valence-electron chi connectivity index (χ3n) is 3.69. The number of nitrogens with one attached hydrogen (secondary N) is 1. The molecule has 116 valence electrons. The van der Waals surface area contributed by atoms with Crippen LogP contribution in [0.4, 0.5) is 0 Å². The molecule has 4 nitrogen and oxygen atoms in total. The molecule has 0 aromatic heterocycles. The van der Waals surface area contributed by atoms with Gasteiger partial charge in [0.05, 0.1) is 12.7 Å². The van der Waals surface area contributed by atoms with Gasteiger partial charge in [0.1, 0.15) is 11.3 Å². The van der Waals surface area contributed by atoms with E-state index in [9.17, 15) is 5.26 Å². The predicted molar refractivity (Wildman–Crippen MR) is 84.3 cm³/mol. The lowest BCUT2D eigenvalue weighted by Crippen LogP contribution is -2.43. The number of hydrogen-bond acceptors (Lipinski definition) is 4. The van der Waals surface area contributed by atoms with Gasteiger partial charge in [-0.3, -0.25) is 5.32 Å². The first-order chi connectivity index (χ1) is 10.2. The normalized spacial score (nSPS) is 13.4. The summed E-state index contributed by atoms with van der Waals surface area (Å²) in [6.45, 7) is 5.54. The van der Waals surface area contributed by atoms with Crippen LogP contribution in [0.3, 0.4) is 0 Å². The average molecular weight is 290 g/mol. The van der Waals surface area contributed by atoms with Gasteiger partial charge in [-0.1, -0.05) is 32.0 Å². The third-order valence-corrected chi connectivity index (χ3v) is 3.69. The molecule has 0 bridgehead atoms. The van der Waals surface area contributed by atoms with Crippen molar-refractivity contribution in [3.8, 4) is 11.8 Å². The molecule has 2 N–H and O–H groups in total. The number of para-hydroxylation sites is 1. The van der Waals surface area contributed by atoms with Crippen molar-refractivity contribution in [2.24, 2.45) is 0 Å². The molecule has 1 atom stereocenters. The van der Waals surface area contributed by atoms with Crippen LogP contribution in [0.25, 0.3) is 0 Å². The van der Waals surface area contributed by atoms with Crippen LogP contribution >= 0.6 is 0 Å². The summed E-state index contributed by atoms with van der Waals surface area (Å²) in [5.74, 6) is 0.828. The van der Waals surface area contributed by atoms with E-state index in [1.54, 1.807) is 0 Å². The molecule has 0 aliphatic rings. The number of benzene rings is 1. The maximum absolute atomic E-state index is 9.36. The first-order valence-corrected chi connectivity index (χ1v) is 7.69. The van der Waals surface area contributed by atoms with Crippen LogP contribution in [0, 0.1) is 11.3 Å². The first kappa shape index (κ1) is 17.5. The monoisotopic (exact) mass is 290 g/mol. The molecule has 0 amide bonds. The summed E-state index contributed by atoms with van der Waals surface area (Å²) in [7, 11) is 0. The van der Waals surface area contributed by atoms with E-state index in [2.05, 4.69) is 11.4 Å². The van der Waals surface area contributed by atoms with E-state index in [-0.39, 0.29) is 6.61 Å². The van der Waals surface area contributed by atoms with Crippen molar-refractivity contribution in [2.75, 3.05) is 19.8 Å². The molecule has 1 aromatic carbocycles. The van der Waals surface area contributed by atoms with Gasteiger partial charge in [0.25, 0.3) is 0 Å². The van der Waals surface area contributed by atoms with Crippen molar-refractivity contribution >= 4 is 0 Å². The number of nitrogens with zero attached hydrogens (tertiary/aromatic N) is 1.